The molecule has 0 aliphatic rings. The number of ether oxygens (including phenoxy) is 1. The van der Waals surface area contributed by atoms with Crippen molar-refractivity contribution < 1.29 is 9.84 Å². The van der Waals surface area contributed by atoms with Crippen LogP contribution in [0.1, 0.15) is 84.5 Å². The number of unbranched alkanes of at least 4 members (excludes halogenated alkanes) is 9. The highest BCUT2D eigenvalue weighted by Gasteiger charge is 2.01. The van der Waals surface area contributed by atoms with Crippen LogP contribution in [0.2, 0.25) is 0 Å². The molecular weight excluding hydrogens is 212 g/mol. The van der Waals surface area contributed by atoms with Gasteiger partial charge in [0.25, 0.3) is 0 Å². The summed E-state index contributed by atoms with van der Waals surface area (Å²) in [6, 6.07) is 0. The summed E-state index contributed by atoms with van der Waals surface area (Å²) in [7, 11) is 0. The molecule has 0 aromatic heterocycles. The molecule has 1 atom stereocenters. The maximum Gasteiger partial charge on any atom is 0.154 e. The van der Waals surface area contributed by atoms with E-state index in [4.69, 9.17) is 4.74 Å². The first kappa shape index (κ1) is 16.9. The number of rotatable bonds is 13. The Kier molecular flexibility index (Phi) is 13.9. The van der Waals surface area contributed by atoms with Gasteiger partial charge in [0, 0.05) is 6.61 Å². The molecular formula is C15H32O2. The van der Waals surface area contributed by atoms with Gasteiger partial charge >= 0.3 is 0 Å². The third kappa shape index (κ3) is 13.9. The van der Waals surface area contributed by atoms with Crippen molar-refractivity contribution in [3.05, 3.63) is 0 Å². The van der Waals surface area contributed by atoms with E-state index in [0.29, 0.717) is 6.61 Å². The highest BCUT2D eigenvalue weighted by Crippen LogP contribution is 2.12. The van der Waals surface area contributed by atoms with Crippen molar-refractivity contribution in [2.75, 3.05) is 6.61 Å². The van der Waals surface area contributed by atoms with Crippen LogP contribution in [0.3, 0.4) is 0 Å². The number of aliphatic hydroxyl groups is 1. The molecule has 0 spiro atoms. The van der Waals surface area contributed by atoms with Crippen molar-refractivity contribution in [3.8, 4) is 0 Å². The molecule has 1 unspecified atom stereocenters. The van der Waals surface area contributed by atoms with E-state index in [9.17, 15) is 5.11 Å². The zero-order valence-corrected chi connectivity index (χ0v) is 11.9. The maximum atomic E-state index is 9.35. The van der Waals surface area contributed by atoms with E-state index in [1.54, 1.807) is 0 Å². The van der Waals surface area contributed by atoms with E-state index in [0.717, 1.165) is 12.8 Å². The van der Waals surface area contributed by atoms with E-state index < -0.39 is 6.29 Å². The monoisotopic (exact) mass is 244 g/mol. The van der Waals surface area contributed by atoms with E-state index in [1.165, 1.54) is 57.8 Å². The fraction of sp³-hybridized carbons (Fsp3) is 1.00. The lowest BCUT2D eigenvalue weighted by Crippen LogP contribution is -2.10. The minimum atomic E-state index is -0.533. The Morgan fingerprint density at radius 3 is 1.71 bits per heavy atom. The lowest BCUT2D eigenvalue weighted by Gasteiger charge is -2.09. The lowest BCUT2D eigenvalue weighted by molar-refractivity contribution is -0.0994. The number of aliphatic hydroxyl groups excluding tert-OH is 1. The standard InChI is InChI=1S/C15H32O2/c1-3-5-6-7-8-9-10-11-12-13-14-15(16)17-4-2/h15-16H,3-14H2,1-2H3. The van der Waals surface area contributed by atoms with Crippen LogP contribution in [-0.2, 0) is 4.74 Å². The molecule has 0 saturated heterocycles. The van der Waals surface area contributed by atoms with Gasteiger partial charge in [0.1, 0.15) is 0 Å². The van der Waals surface area contributed by atoms with E-state index in [-0.39, 0.29) is 0 Å². The summed E-state index contributed by atoms with van der Waals surface area (Å²) < 4.78 is 5.08. The number of hydrogen-bond acceptors (Lipinski definition) is 2. The fourth-order valence-corrected chi connectivity index (χ4v) is 2.08. The first-order valence-electron chi connectivity index (χ1n) is 7.61. The highest BCUT2D eigenvalue weighted by molar-refractivity contribution is 4.49. The second-order valence-corrected chi connectivity index (χ2v) is 4.88. The summed E-state index contributed by atoms with van der Waals surface area (Å²) in [4.78, 5) is 0. The van der Waals surface area contributed by atoms with Crippen LogP contribution in [0.4, 0.5) is 0 Å². The summed E-state index contributed by atoms with van der Waals surface area (Å²) in [6.45, 7) is 4.79. The van der Waals surface area contributed by atoms with Crippen LogP contribution < -0.4 is 0 Å². The van der Waals surface area contributed by atoms with E-state index >= 15 is 0 Å². The topological polar surface area (TPSA) is 29.5 Å². The number of hydrogen-bond donors (Lipinski definition) is 1. The Morgan fingerprint density at radius 2 is 1.24 bits per heavy atom. The zero-order valence-electron chi connectivity index (χ0n) is 11.9. The van der Waals surface area contributed by atoms with Crippen LogP contribution >= 0.6 is 0 Å². The molecule has 0 bridgehead atoms. The molecule has 0 rings (SSSR count). The van der Waals surface area contributed by atoms with Crippen LogP contribution in [0.15, 0.2) is 0 Å². The third-order valence-electron chi connectivity index (χ3n) is 3.16. The second-order valence-electron chi connectivity index (χ2n) is 4.88. The van der Waals surface area contributed by atoms with Crippen molar-refractivity contribution in [3.63, 3.8) is 0 Å². The summed E-state index contributed by atoms with van der Waals surface area (Å²) in [6.07, 6.45) is 13.6. The van der Waals surface area contributed by atoms with Crippen molar-refractivity contribution in [2.24, 2.45) is 0 Å². The summed E-state index contributed by atoms with van der Waals surface area (Å²) >= 11 is 0. The Labute approximate surface area is 108 Å². The molecule has 0 heterocycles. The van der Waals surface area contributed by atoms with Gasteiger partial charge in [-0.25, -0.2) is 0 Å². The lowest BCUT2D eigenvalue weighted by atomic mass is 10.1. The van der Waals surface area contributed by atoms with Gasteiger partial charge in [-0.05, 0) is 19.8 Å². The quantitative estimate of drug-likeness (QED) is 0.377. The Balaban J connectivity index is 2.98. The molecule has 1 N–H and O–H groups in total. The minimum Gasteiger partial charge on any atom is -0.368 e. The molecule has 0 aromatic rings. The summed E-state index contributed by atoms with van der Waals surface area (Å²) in [5, 5.41) is 9.35. The molecule has 0 amide bonds. The molecule has 0 aliphatic carbocycles. The SMILES string of the molecule is CCCCCCCCCCCCC(O)OCC. The molecule has 2 nitrogen and oxygen atoms in total. The molecule has 2 heteroatoms. The Bertz CT molecular complexity index is 137. The van der Waals surface area contributed by atoms with Crippen molar-refractivity contribution in [1.82, 2.24) is 0 Å². The highest BCUT2D eigenvalue weighted by atomic mass is 16.6. The van der Waals surface area contributed by atoms with Crippen LogP contribution in [0.5, 0.6) is 0 Å². The van der Waals surface area contributed by atoms with Gasteiger partial charge in [-0.15, -0.1) is 0 Å². The summed E-state index contributed by atoms with van der Waals surface area (Å²) in [5.41, 5.74) is 0. The first-order chi connectivity index (χ1) is 8.31. The van der Waals surface area contributed by atoms with Gasteiger partial charge in [-0.1, -0.05) is 64.7 Å². The molecule has 0 radical (unpaired) electrons. The predicted octanol–water partition coefficient (Wildman–Crippen LogP) is 4.65. The molecule has 0 saturated carbocycles. The van der Waals surface area contributed by atoms with Crippen molar-refractivity contribution >= 4 is 0 Å². The third-order valence-corrected chi connectivity index (χ3v) is 3.16. The zero-order chi connectivity index (χ0) is 12.8. The van der Waals surface area contributed by atoms with Crippen LogP contribution in [0.25, 0.3) is 0 Å². The maximum absolute atomic E-state index is 9.35. The van der Waals surface area contributed by atoms with Gasteiger partial charge in [0.15, 0.2) is 6.29 Å². The molecule has 0 aromatic carbocycles. The summed E-state index contributed by atoms with van der Waals surface area (Å²) in [5.74, 6) is 0. The van der Waals surface area contributed by atoms with Gasteiger partial charge in [0.05, 0.1) is 0 Å². The van der Waals surface area contributed by atoms with Gasteiger partial charge < -0.3 is 9.84 Å². The molecule has 0 fully saturated rings. The van der Waals surface area contributed by atoms with Gasteiger partial charge in [0.2, 0.25) is 0 Å². The Hall–Kier alpha value is -0.0800. The largest absolute Gasteiger partial charge is 0.368 e. The minimum absolute atomic E-state index is 0.533. The van der Waals surface area contributed by atoms with Crippen molar-refractivity contribution in [1.29, 1.82) is 0 Å². The van der Waals surface area contributed by atoms with Crippen LogP contribution in [0, 0.1) is 0 Å². The average molecular weight is 244 g/mol. The predicted molar refractivity (Wildman–Crippen MR) is 74.1 cm³/mol. The van der Waals surface area contributed by atoms with Gasteiger partial charge in [-0.2, -0.15) is 0 Å². The average Bonchev–Trinajstić information content (AvgIpc) is 2.32. The molecule has 17 heavy (non-hydrogen) atoms. The van der Waals surface area contributed by atoms with Gasteiger partial charge in [-0.3, -0.25) is 0 Å². The molecule has 0 aliphatic heterocycles. The fourth-order valence-electron chi connectivity index (χ4n) is 2.08. The van der Waals surface area contributed by atoms with E-state index in [1.807, 2.05) is 6.92 Å². The Morgan fingerprint density at radius 1 is 0.765 bits per heavy atom. The smallest absolute Gasteiger partial charge is 0.154 e. The normalized spacial score (nSPS) is 12.9. The second kappa shape index (κ2) is 14.0. The van der Waals surface area contributed by atoms with E-state index in [2.05, 4.69) is 6.92 Å². The molecule has 104 valence electrons. The van der Waals surface area contributed by atoms with Crippen molar-refractivity contribution in [2.45, 2.75) is 90.8 Å². The van der Waals surface area contributed by atoms with Crippen LogP contribution in [-0.4, -0.2) is 18.0 Å². The first-order valence-corrected chi connectivity index (χ1v) is 7.61.